The molecule has 0 spiro atoms. The first-order chi connectivity index (χ1) is 15.0. The molecule has 1 amide bonds. The van der Waals surface area contributed by atoms with E-state index in [1.807, 2.05) is 18.2 Å². The number of carbonyl (C=O) groups is 2. The molecular formula is C24H28BrN3O3. The van der Waals surface area contributed by atoms with E-state index >= 15 is 0 Å². The van der Waals surface area contributed by atoms with Crippen molar-refractivity contribution in [2.75, 3.05) is 42.9 Å². The van der Waals surface area contributed by atoms with E-state index in [1.165, 1.54) is 32.4 Å². The number of nitrogens with one attached hydrogen (secondary N) is 1. The van der Waals surface area contributed by atoms with E-state index < -0.39 is 5.97 Å². The molecule has 1 atom stereocenters. The zero-order valence-corrected chi connectivity index (χ0v) is 19.1. The fourth-order valence-electron chi connectivity index (χ4n) is 4.60. The number of hydrogen-bond acceptors (Lipinski definition) is 4. The first kappa shape index (κ1) is 21.8. The summed E-state index contributed by atoms with van der Waals surface area (Å²) >= 11 is 3.38. The van der Waals surface area contributed by atoms with Gasteiger partial charge >= 0.3 is 5.97 Å². The Labute approximate surface area is 191 Å². The maximum absolute atomic E-state index is 12.8. The number of benzene rings is 2. The zero-order chi connectivity index (χ0) is 21.8. The van der Waals surface area contributed by atoms with Crippen LogP contribution in [0.5, 0.6) is 0 Å². The summed E-state index contributed by atoms with van der Waals surface area (Å²) in [6.07, 6.45) is 4.89. The number of hydrogen-bond donors (Lipinski definition) is 2. The van der Waals surface area contributed by atoms with Crippen molar-refractivity contribution in [2.24, 2.45) is 5.92 Å². The summed E-state index contributed by atoms with van der Waals surface area (Å²) in [7, 11) is 0. The molecule has 2 saturated heterocycles. The zero-order valence-electron chi connectivity index (χ0n) is 17.5. The number of carbonyl (C=O) groups excluding carboxylic acids is 1. The van der Waals surface area contributed by atoms with E-state index in [4.69, 9.17) is 0 Å². The molecule has 0 unspecified atom stereocenters. The average Bonchev–Trinajstić information content (AvgIpc) is 3.27. The molecule has 0 aromatic heterocycles. The summed E-state index contributed by atoms with van der Waals surface area (Å²) in [5.74, 6) is -0.667. The third kappa shape index (κ3) is 5.46. The second kappa shape index (κ2) is 9.83. The van der Waals surface area contributed by atoms with Crippen molar-refractivity contribution >= 4 is 39.2 Å². The van der Waals surface area contributed by atoms with E-state index in [1.54, 1.807) is 24.3 Å². The molecule has 164 valence electrons. The summed E-state index contributed by atoms with van der Waals surface area (Å²) in [6.45, 7) is 5.33. The molecule has 2 heterocycles. The van der Waals surface area contributed by atoms with Crippen molar-refractivity contribution in [1.29, 1.82) is 0 Å². The Hall–Kier alpha value is -2.38. The van der Waals surface area contributed by atoms with Crippen molar-refractivity contribution in [1.82, 2.24) is 4.90 Å². The van der Waals surface area contributed by atoms with Crippen LogP contribution in [0, 0.1) is 5.92 Å². The SMILES string of the molecule is O=C(O)c1ccc(N2CCC[C@@H](CN3CCCC3)C2)c(NC(=O)c2ccc(Br)cc2)c1. The molecule has 0 radical (unpaired) electrons. The minimum atomic E-state index is -1.00. The Kier molecular flexibility index (Phi) is 6.92. The maximum atomic E-state index is 12.8. The van der Waals surface area contributed by atoms with Gasteiger partial charge in [0.1, 0.15) is 0 Å². The van der Waals surface area contributed by atoms with Gasteiger partial charge in [-0.15, -0.1) is 0 Å². The summed E-state index contributed by atoms with van der Waals surface area (Å²) in [5.41, 5.74) is 2.14. The molecular weight excluding hydrogens is 458 g/mol. The molecule has 2 fully saturated rings. The van der Waals surface area contributed by atoms with Gasteiger partial charge in [0.05, 0.1) is 16.9 Å². The Morgan fingerprint density at radius 1 is 1.00 bits per heavy atom. The number of likely N-dealkylation sites (tertiary alicyclic amines) is 1. The number of aromatic carboxylic acids is 1. The van der Waals surface area contributed by atoms with Crippen molar-refractivity contribution in [2.45, 2.75) is 25.7 Å². The summed E-state index contributed by atoms with van der Waals surface area (Å²) in [5, 5.41) is 12.4. The van der Waals surface area contributed by atoms with Crippen molar-refractivity contribution in [3.05, 3.63) is 58.1 Å². The monoisotopic (exact) mass is 485 g/mol. The van der Waals surface area contributed by atoms with Gasteiger partial charge in [-0.3, -0.25) is 4.79 Å². The van der Waals surface area contributed by atoms with Crippen molar-refractivity contribution in [3.8, 4) is 0 Å². The van der Waals surface area contributed by atoms with Crippen LogP contribution in [0.1, 0.15) is 46.4 Å². The maximum Gasteiger partial charge on any atom is 0.335 e. The van der Waals surface area contributed by atoms with E-state index in [-0.39, 0.29) is 11.5 Å². The van der Waals surface area contributed by atoms with Crippen LogP contribution in [0.3, 0.4) is 0 Å². The Balaban J connectivity index is 1.55. The minimum Gasteiger partial charge on any atom is -0.478 e. The van der Waals surface area contributed by atoms with Gasteiger partial charge in [0.2, 0.25) is 0 Å². The fourth-order valence-corrected chi connectivity index (χ4v) is 4.87. The summed E-state index contributed by atoms with van der Waals surface area (Å²) < 4.78 is 0.898. The fraction of sp³-hybridized carbons (Fsp3) is 0.417. The molecule has 2 aromatic rings. The van der Waals surface area contributed by atoms with Crippen LogP contribution in [0.15, 0.2) is 46.9 Å². The van der Waals surface area contributed by atoms with Gasteiger partial charge in [-0.25, -0.2) is 4.79 Å². The second-order valence-electron chi connectivity index (χ2n) is 8.46. The van der Waals surface area contributed by atoms with Crippen LogP contribution in [-0.2, 0) is 0 Å². The van der Waals surface area contributed by atoms with Crippen LogP contribution in [0.4, 0.5) is 11.4 Å². The highest BCUT2D eigenvalue weighted by Gasteiger charge is 2.25. The van der Waals surface area contributed by atoms with Gasteiger partial charge in [0.15, 0.2) is 0 Å². The van der Waals surface area contributed by atoms with Gasteiger partial charge in [0, 0.05) is 29.7 Å². The van der Waals surface area contributed by atoms with E-state index in [9.17, 15) is 14.7 Å². The molecule has 2 aliphatic rings. The Morgan fingerprint density at radius 2 is 1.71 bits per heavy atom. The van der Waals surface area contributed by atoms with Crippen LogP contribution in [-0.4, -0.2) is 54.6 Å². The molecule has 0 saturated carbocycles. The summed E-state index contributed by atoms with van der Waals surface area (Å²) in [6, 6.07) is 12.1. The van der Waals surface area contributed by atoms with Crippen molar-refractivity contribution < 1.29 is 14.7 Å². The second-order valence-corrected chi connectivity index (χ2v) is 9.38. The predicted molar refractivity (Wildman–Crippen MR) is 126 cm³/mol. The molecule has 0 bridgehead atoms. The lowest BCUT2D eigenvalue weighted by Crippen LogP contribution is -2.40. The lowest BCUT2D eigenvalue weighted by Gasteiger charge is -2.37. The van der Waals surface area contributed by atoms with Crippen molar-refractivity contribution in [3.63, 3.8) is 0 Å². The summed E-state index contributed by atoms with van der Waals surface area (Å²) in [4.78, 5) is 29.2. The Morgan fingerprint density at radius 3 is 2.42 bits per heavy atom. The molecule has 2 N–H and O–H groups in total. The number of rotatable bonds is 6. The minimum absolute atomic E-state index is 0.167. The van der Waals surface area contributed by atoms with Gasteiger partial charge in [-0.2, -0.15) is 0 Å². The number of nitrogens with zero attached hydrogens (tertiary/aromatic N) is 2. The van der Waals surface area contributed by atoms with Gasteiger partial charge in [-0.1, -0.05) is 15.9 Å². The Bertz CT molecular complexity index is 942. The highest BCUT2D eigenvalue weighted by Crippen LogP contribution is 2.32. The molecule has 0 aliphatic carbocycles. The quantitative estimate of drug-likeness (QED) is 0.619. The topological polar surface area (TPSA) is 72.9 Å². The standard InChI is InChI=1S/C24H28BrN3O3/c25-20-8-5-18(6-9-20)23(29)26-21-14-19(24(30)31)7-10-22(21)28-13-3-4-17(16-28)15-27-11-1-2-12-27/h5-10,14,17H,1-4,11-13,15-16H2,(H,26,29)(H,30,31)/t17-/m0/s1. The average molecular weight is 486 g/mol. The third-order valence-corrected chi connectivity index (χ3v) is 6.70. The molecule has 2 aromatic carbocycles. The number of piperidine rings is 1. The van der Waals surface area contributed by atoms with Crippen LogP contribution in [0.25, 0.3) is 0 Å². The van der Waals surface area contributed by atoms with Crippen LogP contribution < -0.4 is 10.2 Å². The number of carboxylic acid groups (broad SMARTS) is 1. The number of amides is 1. The highest BCUT2D eigenvalue weighted by atomic mass is 79.9. The van der Waals surface area contributed by atoms with E-state index in [0.29, 0.717) is 17.2 Å². The molecule has 31 heavy (non-hydrogen) atoms. The lowest BCUT2D eigenvalue weighted by atomic mass is 9.96. The number of carboxylic acids is 1. The normalized spacial score (nSPS) is 19.4. The first-order valence-electron chi connectivity index (χ1n) is 10.9. The van der Waals surface area contributed by atoms with Gasteiger partial charge in [-0.05, 0) is 87.2 Å². The third-order valence-electron chi connectivity index (χ3n) is 6.17. The highest BCUT2D eigenvalue weighted by molar-refractivity contribution is 9.10. The van der Waals surface area contributed by atoms with Gasteiger partial charge in [0.25, 0.3) is 5.91 Å². The van der Waals surface area contributed by atoms with E-state index in [2.05, 4.69) is 31.0 Å². The molecule has 7 heteroatoms. The predicted octanol–water partition coefficient (Wildman–Crippen LogP) is 4.71. The van der Waals surface area contributed by atoms with E-state index in [0.717, 1.165) is 36.2 Å². The smallest absolute Gasteiger partial charge is 0.335 e. The lowest BCUT2D eigenvalue weighted by molar-refractivity contribution is 0.0696. The molecule has 2 aliphatic heterocycles. The van der Waals surface area contributed by atoms with Crippen LogP contribution in [0.2, 0.25) is 0 Å². The van der Waals surface area contributed by atoms with Crippen LogP contribution >= 0.6 is 15.9 Å². The first-order valence-corrected chi connectivity index (χ1v) is 11.7. The number of halogens is 1. The molecule has 4 rings (SSSR count). The largest absolute Gasteiger partial charge is 0.478 e. The molecule has 6 nitrogen and oxygen atoms in total. The number of anilines is 2. The van der Waals surface area contributed by atoms with Gasteiger partial charge < -0.3 is 20.2 Å².